The lowest BCUT2D eigenvalue weighted by Crippen LogP contribution is -2.51. The number of benzene rings is 1. The van der Waals surface area contributed by atoms with Crippen LogP contribution >= 0.6 is 11.3 Å². The number of hydrogen-bond donors (Lipinski definition) is 1. The second kappa shape index (κ2) is 11.0. The van der Waals surface area contributed by atoms with Crippen molar-refractivity contribution < 1.29 is 18.7 Å². The Morgan fingerprint density at radius 3 is 2.73 bits per heavy atom. The SMILES string of the molecule is O=C(N[C@@H](Cc1ccc(OCF)cc1)C(=O)N1CCCC[C@@H]1c1cccnc1)c1cccs1. The Kier molecular flexibility index (Phi) is 7.67. The summed E-state index contributed by atoms with van der Waals surface area (Å²) in [4.78, 5) is 33.3. The van der Waals surface area contributed by atoms with Crippen LogP contribution in [0.25, 0.3) is 0 Å². The Hall–Kier alpha value is -3.26. The maximum absolute atomic E-state index is 13.8. The minimum Gasteiger partial charge on any atom is -0.463 e. The van der Waals surface area contributed by atoms with E-state index in [0.717, 1.165) is 30.4 Å². The molecule has 0 spiro atoms. The molecule has 8 heteroatoms. The van der Waals surface area contributed by atoms with Gasteiger partial charge < -0.3 is 15.0 Å². The van der Waals surface area contributed by atoms with Gasteiger partial charge >= 0.3 is 0 Å². The summed E-state index contributed by atoms with van der Waals surface area (Å²) in [5, 5.41) is 4.78. The molecule has 4 rings (SSSR count). The van der Waals surface area contributed by atoms with Crippen molar-refractivity contribution in [2.24, 2.45) is 0 Å². The van der Waals surface area contributed by atoms with Crippen LogP contribution in [0.15, 0.2) is 66.3 Å². The monoisotopic (exact) mass is 467 g/mol. The van der Waals surface area contributed by atoms with Crippen LogP contribution in [0, 0.1) is 0 Å². The number of pyridine rings is 1. The van der Waals surface area contributed by atoms with Crippen LogP contribution in [0.2, 0.25) is 0 Å². The summed E-state index contributed by atoms with van der Waals surface area (Å²) in [5.41, 5.74) is 1.85. The molecule has 1 aliphatic rings. The van der Waals surface area contributed by atoms with E-state index in [4.69, 9.17) is 4.74 Å². The maximum Gasteiger partial charge on any atom is 0.262 e. The summed E-state index contributed by atoms with van der Waals surface area (Å²) in [5.74, 6) is 0.0348. The second-order valence-electron chi connectivity index (χ2n) is 7.93. The highest BCUT2D eigenvalue weighted by atomic mass is 32.1. The fraction of sp³-hybridized carbons (Fsp3) is 0.320. The first kappa shape index (κ1) is 22.9. The normalized spacial score (nSPS) is 16.8. The first-order valence-electron chi connectivity index (χ1n) is 11.0. The van der Waals surface area contributed by atoms with E-state index in [0.29, 0.717) is 23.6 Å². The Bertz CT molecular complexity index is 1040. The molecule has 3 heterocycles. The van der Waals surface area contributed by atoms with Crippen molar-refractivity contribution >= 4 is 23.2 Å². The number of carbonyl (C=O) groups excluding carboxylic acids is 2. The van der Waals surface area contributed by atoms with Crippen molar-refractivity contribution in [3.63, 3.8) is 0 Å². The zero-order chi connectivity index (χ0) is 23.0. The van der Waals surface area contributed by atoms with Gasteiger partial charge in [-0.15, -0.1) is 11.3 Å². The molecular formula is C25H26FN3O3S. The van der Waals surface area contributed by atoms with Crippen LogP contribution in [-0.2, 0) is 11.2 Å². The van der Waals surface area contributed by atoms with Gasteiger partial charge in [-0.2, -0.15) is 0 Å². The summed E-state index contributed by atoms with van der Waals surface area (Å²) >= 11 is 1.33. The van der Waals surface area contributed by atoms with Gasteiger partial charge in [0, 0.05) is 25.4 Å². The molecule has 0 saturated carbocycles. The van der Waals surface area contributed by atoms with E-state index in [2.05, 4.69) is 10.3 Å². The van der Waals surface area contributed by atoms with E-state index in [-0.39, 0.29) is 17.9 Å². The van der Waals surface area contributed by atoms with Gasteiger partial charge in [0.15, 0.2) is 0 Å². The summed E-state index contributed by atoms with van der Waals surface area (Å²) < 4.78 is 17.3. The summed E-state index contributed by atoms with van der Waals surface area (Å²) in [6, 6.07) is 13.5. The number of nitrogens with one attached hydrogen (secondary N) is 1. The molecule has 1 aliphatic heterocycles. The second-order valence-corrected chi connectivity index (χ2v) is 8.88. The molecule has 2 atom stereocenters. The fourth-order valence-corrected chi connectivity index (χ4v) is 4.80. The molecule has 2 amide bonds. The van der Waals surface area contributed by atoms with Gasteiger partial charge in [0.1, 0.15) is 11.8 Å². The van der Waals surface area contributed by atoms with E-state index in [9.17, 15) is 14.0 Å². The number of hydrogen-bond acceptors (Lipinski definition) is 5. The summed E-state index contributed by atoms with van der Waals surface area (Å²) in [6.07, 6.45) is 6.66. The molecule has 3 aromatic rings. The average Bonchev–Trinajstić information content (AvgIpc) is 3.40. The van der Waals surface area contributed by atoms with Crippen molar-refractivity contribution in [3.05, 3.63) is 82.3 Å². The third-order valence-corrected chi connectivity index (χ3v) is 6.66. The number of likely N-dealkylation sites (tertiary alicyclic amines) is 1. The largest absolute Gasteiger partial charge is 0.463 e. The predicted octanol–water partition coefficient (Wildman–Crippen LogP) is 4.54. The highest BCUT2D eigenvalue weighted by Gasteiger charge is 2.33. The highest BCUT2D eigenvalue weighted by Crippen LogP contribution is 2.31. The lowest BCUT2D eigenvalue weighted by molar-refractivity contribution is -0.137. The number of ether oxygens (including phenoxy) is 1. The molecular weight excluding hydrogens is 441 g/mol. The van der Waals surface area contributed by atoms with Gasteiger partial charge in [0.2, 0.25) is 12.8 Å². The van der Waals surface area contributed by atoms with Crippen LogP contribution in [0.1, 0.15) is 46.1 Å². The smallest absolute Gasteiger partial charge is 0.262 e. The van der Waals surface area contributed by atoms with E-state index >= 15 is 0 Å². The lowest BCUT2D eigenvalue weighted by atomic mass is 9.94. The number of aromatic nitrogens is 1. The number of alkyl halides is 1. The van der Waals surface area contributed by atoms with E-state index in [1.807, 2.05) is 28.5 Å². The van der Waals surface area contributed by atoms with Crippen LogP contribution in [0.5, 0.6) is 5.75 Å². The van der Waals surface area contributed by atoms with Crippen LogP contribution < -0.4 is 10.1 Å². The molecule has 6 nitrogen and oxygen atoms in total. The van der Waals surface area contributed by atoms with Crippen LogP contribution in [0.4, 0.5) is 4.39 Å². The van der Waals surface area contributed by atoms with E-state index in [1.54, 1.807) is 42.7 Å². The molecule has 1 N–H and O–H groups in total. The molecule has 1 aromatic carbocycles. The molecule has 0 radical (unpaired) electrons. The van der Waals surface area contributed by atoms with Crippen molar-refractivity contribution in [2.45, 2.75) is 37.8 Å². The first-order chi connectivity index (χ1) is 16.2. The number of carbonyl (C=O) groups is 2. The number of amides is 2. The summed E-state index contributed by atoms with van der Waals surface area (Å²) in [7, 11) is 0. The molecule has 1 fully saturated rings. The van der Waals surface area contributed by atoms with Gasteiger partial charge in [0.05, 0.1) is 10.9 Å². The molecule has 1 saturated heterocycles. The summed E-state index contributed by atoms with van der Waals surface area (Å²) in [6.45, 7) is -0.269. The van der Waals surface area contributed by atoms with Gasteiger partial charge in [-0.3, -0.25) is 14.6 Å². The van der Waals surface area contributed by atoms with Crippen molar-refractivity contribution in [1.82, 2.24) is 15.2 Å². The topological polar surface area (TPSA) is 71.5 Å². The van der Waals surface area contributed by atoms with Gasteiger partial charge in [-0.05, 0) is 60.0 Å². The predicted molar refractivity (Wildman–Crippen MR) is 125 cm³/mol. The number of nitrogens with zero attached hydrogens (tertiary/aromatic N) is 2. The zero-order valence-electron chi connectivity index (χ0n) is 18.2. The minimum atomic E-state index is -0.901. The van der Waals surface area contributed by atoms with Crippen molar-refractivity contribution in [1.29, 1.82) is 0 Å². The first-order valence-corrected chi connectivity index (χ1v) is 11.9. The minimum absolute atomic E-state index is 0.0681. The number of thiophene rings is 1. The van der Waals surface area contributed by atoms with Gasteiger partial charge in [-0.1, -0.05) is 24.3 Å². The molecule has 33 heavy (non-hydrogen) atoms. The number of piperidine rings is 1. The van der Waals surface area contributed by atoms with Crippen molar-refractivity contribution in [3.8, 4) is 5.75 Å². The van der Waals surface area contributed by atoms with Gasteiger partial charge in [-0.25, -0.2) is 4.39 Å². The molecule has 2 aromatic heterocycles. The Morgan fingerprint density at radius 1 is 1.18 bits per heavy atom. The van der Waals surface area contributed by atoms with Crippen LogP contribution in [0.3, 0.4) is 0 Å². The average molecular weight is 468 g/mol. The highest BCUT2D eigenvalue weighted by molar-refractivity contribution is 7.12. The third kappa shape index (κ3) is 5.76. The lowest BCUT2D eigenvalue weighted by Gasteiger charge is -2.38. The Balaban J connectivity index is 1.58. The number of rotatable bonds is 8. The maximum atomic E-state index is 13.8. The Morgan fingerprint density at radius 2 is 2.03 bits per heavy atom. The molecule has 0 bridgehead atoms. The molecule has 172 valence electrons. The molecule has 0 unspecified atom stereocenters. The standard InChI is InChI=1S/C25H26FN3O3S/c26-17-32-20-10-8-18(9-11-20)15-21(28-24(30)23-7-4-14-33-23)25(31)29-13-2-1-6-22(29)19-5-3-12-27-16-19/h3-5,7-12,14,16,21-22H,1-2,6,13,15,17H2,(H,28,30)/t21-,22+/m0/s1. The fourth-order valence-electron chi connectivity index (χ4n) is 4.17. The third-order valence-electron chi connectivity index (χ3n) is 5.79. The Labute approximate surface area is 196 Å². The molecule has 0 aliphatic carbocycles. The van der Waals surface area contributed by atoms with Crippen LogP contribution in [-0.4, -0.2) is 41.1 Å². The van der Waals surface area contributed by atoms with E-state index in [1.165, 1.54) is 11.3 Å². The van der Waals surface area contributed by atoms with E-state index < -0.39 is 12.9 Å². The van der Waals surface area contributed by atoms with Gasteiger partial charge in [0.25, 0.3) is 5.91 Å². The zero-order valence-corrected chi connectivity index (χ0v) is 19.0. The number of halogens is 1. The quantitative estimate of drug-likeness (QED) is 0.528. The van der Waals surface area contributed by atoms with Crippen molar-refractivity contribution in [2.75, 3.05) is 13.4 Å².